The third-order valence-corrected chi connectivity index (χ3v) is 0. The SMILES string of the molecule is [Cl][Fe-]([Cl])([Cl])[Cl].[NH4+]. The molecule has 0 amide bonds. The molecule has 0 fully saturated rings. The number of rotatable bonds is 0. The van der Waals surface area contributed by atoms with E-state index in [1.807, 2.05) is 0 Å². The first kappa shape index (κ1) is 10.6. The number of hydrogen-bond donors (Lipinski definition) is 1. The van der Waals surface area contributed by atoms with Crippen molar-refractivity contribution in [3.63, 3.8) is 0 Å². The van der Waals surface area contributed by atoms with Gasteiger partial charge in [-0.25, -0.2) is 0 Å². The molecule has 6 heavy (non-hydrogen) atoms. The van der Waals surface area contributed by atoms with Gasteiger partial charge in [-0.1, -0.05) is 0 Å². The third kappa shape index (κ3) is 45.2. The Hall–Kier alpha value is 1.64. The summed E-state index contributed by atoms with van der Waals surface area (Å²) in [5.74, 6) is 0. The van der Waals surface area contributed by atoms with Crippen molar-refractivity contribution in [3.05, 3.63) is 0 Å². The van der Waals surface area contributed by atoms with Crippen LogP contribution in [0.4, 0.5) is 0 Å². The van der Waals surface area contributed by atoms with E-state index < -0.39 is 9.20 Å². The maximum absolute atomic E-state index is 4.95. The second-order valence-corrected chi connectivity index (χ2v) is 11.2. The van der Waals surface area contributed by atoms with Crippen LogP contribution in [0, 0.1) is 0 Å². The van der Waals surface area contributed by atoms with Gasteiger partial charge < -0.3 is 6.15 Å². The fraction of sp³-hybridized carbons (Fsp3) is 0. The van der Waals surface area contributed by atoms with Crippen LogP contribution >= 0.6 is 40.4 Å². The first-order valence-electron chi connectivity index (χ1n) is 0.535. The van der Waals surface area contributed by atoms with Crippen LogP contribution in [-0.4, -0.2) is 0 Å². The van der Waals surface area contributed by atoms with Crippen molar-refractivity contribution in [3.8, 4) is 0 Å². The third-order valence-electron chi connectivity index (χ3n) is 0. The van der Waals surface area contributed by atoms with Gasteiger partial charge in [-0.15, -0.1) is 0 Å². The molecule has 0 saturated heterocycles. The molecule has 0 rings (SSSR count). The summed E-state index contributed by atoms with van der Waals surface area (Å²) in [6, 6.07) is 0. The minimum atomic E-state index is -2.61. The Morgan fingerprint density at radius 2 is 0.833 bits per heavy atom. The van der Waals surface area contributed by atoms with Crippen molar-refractivity contribution >= 4 is 40.4 Å². The summed E-state index contributed by atoms with van der Waals surface area (Å²) in [7, 11) is 17.2. The molecule has 0 aromatic heterocycles. The molecular formula is H4Cl4FeN. The minimum Gasteiger partial charge on any atom is -0.369 e. The van der Waals surface area contributed by atoms with Crippen LogP contribution in [-0.2, 0) is 9.20 Å². The normalized spacial score (nSPS) is 12.7. The summed E-state index contributed by atoms with van der Waals surface area (Å²) in [5, 5.41) is 0. The van der Waals surface area contributed by atoms with Crippen LogP contribution in [0.25, 0.3) is 0 Å². The van der Waals surface area contributed by atoms with Crippen molar-refractivity contribution in [2.45, 2.75) is 0 Å². The maximum atomic E-state index is 4.95. The average Bonchev–Trinajstić information content (AvgIpc) is 0.722. The zero-order valence-corrected chi connectivity index (χ0v) is 6.99. The molecule has 0 aromatic carbocycles. The molecule has 0 atom stereocenters. The largest absolute Gasteiger partial charge is 0.369 e. The second-order valence-electron chi connectivity index (χ2n) is 0.303. The molecule has 0 spiro atoms. The van der Waals surface area contributed by atoms with E-state index in [1.165, 1.54) is 0 Å². The Balaban J connectivity index is 0. The van der Waals surface area contributed by atoms with Gasteiger partial charge in [-0.3, -0.25) is 0 Å². The Morgan fingerprint density at radius 3 is 0.833 bits per heavy atom. The Morgan fingerprint density at radius 1 is 0.833 bits per heavy atom. The van der Waals surface area contributed by atoms with E-state index in [0.717, 1.165) is 0 Å². The van der Waals surface area contributed by atoms with Crippen molar-refractivity contribution in [2.75, 3.05) is 0 Å². The fourth-order valence-corrected chi connectivity index (χ4v) is 0. The summed E-state index contributed by atoms with van der Waals surface area (Å²) in [6.07, 6.45) is 0. The smallest absolute Gasteiger partial charge is 0.369 e. The van der Waals surface area contributed by atoms with E-state index in [1.54, 1.807) is 0 Å². The van der Waals surface area contributed by atoms with E-state index in [9.17, 15) is 0 Å². The fourth-order valence-electron chi connectivity index (χ4n) is 0. The zero-order chi connectivity index (χ0) is 4.50. The molecule has 0 saturated carbocycles. The molecule has 45 valence electrons. The maximum Gasteiger partial charge on any atom is -0.369 e. The van der Waals surface area contributed by atoms with Gasteiger partial charge in [0.2, 0.25) is 0 Å². The molecule has 0 bridgehead atoms. The Kier molecular flexibility index (Phi) is 6.39. The zero-order valence-electron chi connectivity index (χ0n) is 2.87. The van der Waals surface area contributed by atoms with Crippen molar-refractivity contribution in [1.82, 2.24) is 6.15 Å². The number of hydrogen-bond acceptors (Lipinski definition) is 0. The van der Waals surface area contributed by atoms with Crippen LogP contribution in [0.1, 0.15) is 0 Å². The number of quaternary nitrogens is 1. The van der Waals surface area contributed by atoms with Gasteiger partial charge in [0.25, 0.3) is 0 Å². The molecule has 0 aromatic rings. The van der Waals surface area contributed by atoms with Crippen LogP contribution in [0.5, 0.6) is 0 Å². The van der Waals surface area contributed by atoms with Gasteiger partial charge in [0, 0.05) is 0 Å². The predicted octanol–water partition coefficient (Wildman–Crippen LogP) is 3.13. The molecule has 0 aliphatic rings. The summed E-state index contributed by atoms with van der Waals surface area (Å²) in [6.45, 7) is 0. The van der Waals surface area contributed by atoms with Gasteiger partial charge in [0.05, 0.1) is 0 Å². The van der Waals surface area contributed by atoms with Crippen molar-refractivity contribution in [2.24, 2.45) is 0 Å². The van der Waals surface area contributed by atoms with Crippen molar-refractivity contribution in [1.29, 1.82) is 0 Å². The van der Waals surface area contributed by atoms with Gasteiger partial charge >= 0.3 is 49.6 Å². The summed E-state index contributed by atoms with van der Waals surface area (Å²) in [4.78, 5) is 0. The molecule has 0 unspecified atom stereocenters. The van der Waals surface area contributed by atoms with Gasteiger partial charge in [-0.2, -0.15) is 0 Å². The summed E-state index contributed by atoms with van der Waals surface area (Å²) >= 11 is 0. The minimum absolute atomic E-state index is 0. The van der Waals surface area contributed by atoms with Crippen LogP contribution in [0.3, 0.4) is 0 Å². The quantitative estimate of drug-likeness (QED) is 0.603. The molecule has 4 N–H and O–H groups in total. The van der Waals surface area contributed by atoms with E-state index in [2.05, 4.69) is 0 Å². The van der Waals surface area contributed by atoms with Gasteiger partial charge in [-0.05, 0) is 0 Å². The average molecular weight is 216 g/mol. The molecule has 0 aliphatic heterocycles. The number of halogens is 4. The summed E-state index contributed by atoms with van der Waals surface area (Å²) in [5.41, 5.74) is 0. The molecule has 1 nitrogen and oxygen atoms in total. The second kappa shape index (κ2) is 3.62. The molecule has 0 aliphatic carbocycles. The first-order valence-corrected chi connectivity index (χ1v) is 6.61. The van der Waals surface area contributed by atoms with Crippen LogP contribution in [0.2, 0.25) is 0 Å². The topological polar surface area (TPSA) is 36.5 Å². The van der Waals surface area contributed by atoms with Crippen molar-refractivity contribution < 1.29 is 9.20 Å². The molecule has 0 radical (unpaired) electrons. The van der Waals surface area contributed by atoms with E-state index in [0.29, 0.717) is 0 Å². The van der Waals surface area contributed by atoms with E-state index >= 15 is 0 Å². The molecule has 6 heteroatoms. The van der Waals surface area contributed by atoms with Gasteiger partial charge in [0.1, 0.15) is 0 Å². The van der Waals surface area contributed by atoms with E-state index in [4.69, 9.17) is 40.4 Å². The Bertz CT molecular complexity index is 23.0. The first-order chi connectivity index (χ1) is 2.00. The predicted molar refractivity (Wildman–Crippen MR) is 29.4 cm³/mol. The molecular weight excluding hydrogens is 212 g/mol. The standard InChI is InChI=1S/4ClH.Fe.H3N/h4*1H;;1H3/q;;;;+3;/p-3. The van der Waals surface area contributed by atoms with Crippen LogP contribution < -0.4 is 6.15 Å². The van der Waals surface area contributed by atoms with E-state index in [-0.39, 0.29) is 6.15 Å². The van der Waals surface area contributed by atoms with Gasteiger partial charge in [0.15, 0.2) is 0 Å². The summed E-state index contributed by atoms with van der Waals surface area (Å²) < 4.78 is 0. The molecule has 0 heterocycles. The van der Waals surface area contributed by atoms with Crippen LogP contribution in [0.15, 0.2) is 0 Å². The monoisotopic (exact) mass is 214 g/mol. The Labute approximate surface area is 55.6 Å².